The number of furan rings is 1. The molecule has 0 bridgehead atoms. The topological polar surface area (TPSA) is 90.6 Å². The second-order valence-corrected chi connectivity index (χ2v) is 6.50. The molecule has 1 aromatic heterocycles. The zero-order valence-corrected chi connectivity index (χ0v) is 14.1. The third kappa shape index (κ3) is 1.72. The molecule has 2 aromatic rings. The quantitative estimate of drug-likeness (QED) is 0.891. The van der Waals surface area contributed by atoms with Gasteiger partial charge in [0, 0.05) is 4.91 Å². The van der Waals surface area contributed by atoms with Gasteiger partial charge in [-0.05, 0) is 13.0 Å². The molecule has 0 aliphatic carbocycles. The van der Waals surface area contributed by atoms with Gasteiger partial charge in [-0.3, -0.25) is 0 Å². The molecule has 0 radical (unpaired) electrons. The number of nitrogens with zero attached hydrogens (tertiary/aromatic N) is 1. The second-order valence-electron chi connectivity index (χ2n) is 5.42. The number of fused-ring (bicyclic) bond motifs is 4. The Labute approximate surface area is 142 Å². The normalized spacial score (nSPS) is 19.0. The highest BCUT2D eigenvalue weighted by Crippen LogP contribution is 2.61. The number of hydrogen-bond donors (Lipinski definition) is 1. The van der Waals surface area contributed by atoms with Crippen LogP contribution < -0.4 is 19.9 Å². The summed E-state index contributed by atoms with van der Waals surface area (Å²) in [5, 5.41) is 10.8. The average molecular weight is 342 g/mol. The highest BCUT2D eigenvalue weighted by Gasteiger charge is 2.43. The predicted molar refractivity (Wildman–Crippen MR) is 89.8 cm³/mol. The minimum Gasteiger partial charge on any atom is -0.496 e. The minimum absolute atomic E-state index is 0.313. The summed E-state index contributed by atoms with van der Waals surface area (Å²) >= 11 is 1.36. The fourth-order valence-electron chi connectivity index (χ4n) is 3.29. The van der Waals surface area contributed by atoms with E-state index in [1.54, 1.807) is 20.5 Å². The molecule has 0 saturated heterocycles. The van der Waals surface area contributed by atoms with Crippen molar-refractivity contribution in [1.29, 1.82) is 5.26 Å². The highest BCUT2D eigenvalue weighted by atomic mass is 32.2. The van der Waals surface area contributed by atoms with Crippen LogP contribution in [-0.4, -0.2) is 14.2 Å². The lowest BCUT2D eigenvalue weighted by atomic mass is 9.87. The molecular formula is C17H14N2O4S. The predicted octanol–water partition coefficient (Wildman–Crippen LogP) is 3.60. The van der Waals surface area contributed by atoms with E-state index in [-0.39, 0.29) is 5.92 Å². The van der Waals surface area contributed by atoms with Gasteiger partial charge < -0.3 is 24.4 Å². The smallest absolute Gasteiger partial charge is 0.205 e. The molecule has 0 fully saturated rings. The van der Waals surface area contributed by atoms with Crippen molar-refractivity contribution in [3.05, 3.63) is 39.2 Å². The molecule has 0 amide bonds. The number of hydrogen-bond acceptors (Lipinski definition) is 7. The minimum atomic E-state index is -0.313. The van der Waals surface area contributed by atoms with E-state index >= 15 is 0 Å². The lowest BCUT2D eigenvalue weighted by Crippen LogP contribution is -2.14. The Hall–Kier alpha value is -2.72. The fraction of sp³-hybridized carbons (Fsp3) is 0.235. The number of allylic oxidation sites excluding steroid dienone is 3. The van der Waals surface area contributed by atoms with Gasteiger partial charge in [0.05, 0.1) is 54.0 Å². The SMILES string of the molecule is COc1c2c(c(OC)c3occc13)OC(C)=C1SC(N)=C(C#N)C12. The lowest BCUT2D eigenvalue weighted by molar-refractivity contribution is 0.340. The number of benzene rings is 1. The van der Waals surface area contributed by atoms with E-state index in [4.69, 9.17) is 24.4 Å². The first-order valence-electron chi connectivity index (χ1n) is 7.23. The van der Waals surface area contributed by atoms with Crippen LogP contribution in [0.5, 0.6) is 17.2 Å². The van der Waals surface area contributed by atoms with Gasteiger partial charge in [-0.2, -0.15) is 5.26 Å². The number of rotatable bonds is 2. The Morgan fingerprint density at radius 2 is 2.04 bits per heavy atom. The maximum atomic E-state index is 9.60. The van der Waals surface area contributed by atoms with Gasteiger partial charge in [-0.25, -0.2) is 0 Å². The average Bonchev–Trinajstić information content (AvgIpc) is 3.17. The third-order valence-electron chi connectivity index (χ3n) is 4.27. The number of methoxy groups -OCH3 is 2. The summed E-state index contributed by atoms with van der Waals surface area (Å²) in [7, 11) is 3.14. The molecule has 1 atom stereocenters. The molecule has 1 unspecified atom stereocenters. The van der Waals surface area contributed by atoms with Gasteiger partial charge >= 0.3 is 0 Å². The first-order chi connectivity index (χ1) is 11.6. The Balaban J connectivity index is 2.14. The summed E-state index contributed by atoms with van der Waals surface area (Å²) in [4.78, 5) is 0.903. The van der Waals surface area contributed by atoms with Crippen LogP contribution in [0, 0.1) is 11.3 Å². The van der Waals surface area contributed by atoms with Crippen molar-refractivity contribution < 1.29 is 18.6 Å². The molecule has 2 N–H and O–H groups in total. The summed E-state index contributed by atoms with van der Waals surface area (Å²) < 4.78 is 22.8. The second kappa shape index (κ2) is 5.14. The Bertz CT molecular complexity index is 981. The van der Waals surface area contributed by atoms with E-state index in [9.17, 15) is 5.26 Å². The van der Waals surface area contributed by atoms with Gasteiger partial charge in [0.2, 0.25) is 5.75 Å². The molecule has 3 heterocycles. The fourth-order valence-corrected chi connectivity index (χ4v) is 4.33. The molecule has 2 aliphatic heterocycles. The van der Waals surface area contributed by atoms with Crippen LogP contribution in [0.15, 0.2) is 38.0 Å². The molecule has 122 valence electrons. The van der Waals surface area contributed by atoms with Crippen molar-refractivity contribution in [3.8, 4) is 23.3 Å². The van der Waals surface area contributed by atoms with Crippen LogP contribution in [0.4, 0.5) is 0 Å². The first kappa shape index (κ1) is 14.8. The molecule has 1 aromatic carbocycles. The molecule has 0 saturated carbocycles. The summed E-state index contributed by atoms with van der Waals surface area (Å²) in [5.41, 5.74) is 7.86. The van der Waals surface area contributed by atoms with Crippen LogP contribution in [0.3, 0.4) is 0 Å². The van der Waals surface area contributed by atoms with Crippen molar-refractivity contribution in [1.82, 2.24) is 0 Å². The van der Waals surface area contributed by atoms with Crippen LogP contribution in [0.1, 0.15) is 18.4 Å². The van der Waals surface area contributed by atoms with E-state index in [0.29, 0.717) is 39.2 Å². The summed E-state index contributed by atoms with van der Waals surface area (Å²) in [6, 6.07) is 4.04. The zero-order valence-electron chi connectivity index (χ0n) is 13.3. The maximum Gasteiger partial charge on any atom is 0.205 e. The van der Waals surface area contributed by atoms with Crippen LogP contribution in [0.25, 0.3) is 11.0 Å². The highest BCUT2D eigenvalue weighted by molar-refractivity contribution is 8.07. The Morgan fingerprint density at radius 1 is 1.29 bits per heavy atom. The van der Waals surface area contributed by atoms with Gasteiger partial charge in [0.15, 0.2) is 11.3 Å². The number of ether oxygens (including phenoxy) is 3. The number of nitriles is 1. The van der Waals surface area contributed by atoms with Crippen molar-refractivity contribution >= 4 is 22.7 Å². The molecular weight excluding hydrogens is 328 g/mol. The van der Waals surface area contributed by atoms with E-state index in [2.05, 4.69) is 6.07 Å². The monoisotopic (exact) mass is 342 g/mol. The van der Waals surface area contributed by atoms with Gasteiger partial charge in [0.25, 0.3) is 0 Å². The maximum absolute atomic E-state index is 9.60. The van der Waals surface area contributed by atoms with Crippen molar-refractivity contribution in [3.63, 3.8) is 0 Å². The summed E-state index contributed by atoms with van der Waals surface area (Å²) in [6.45, 7) is 1.85. The molecule has 24 heavy (non-hydrogen) atoms. The Kier molecular flexibility index (Phi) is 3.18. The van der Waals surface area contributed by atoms with Crippen molar-refractivity contribution in [2.24, 2.45) is 5.73 Å². The van der Waals surface area contributed by atoms with E-state index in [1.165, 1.54) is 11.8 Å². The van der Waals surface area contributed by atoms with Gasteiger partial charge in [0.1, 0.15) is 11.5 Å². The number of thioether (sulfide) groups is 1. The molecule has 7 heteroatoms. The van der Waals surface area contributed by atoms with Crippen molar-refractivity contribution in [2.75, 3.05) is 14.2 Å². The van der Waals surface area contributed by atoms with Crippen LogP contribution >= 0.6 is 11.8 Å². The Morgan fingerprint density at radius 3 is 2.71 bits per heavy atom. The first-order valence-corrected chi connectivity index (χ1v) is 8.05. The summed E-state index contributed by atoms with van der Waals surface area (Å²) in [6.07, 6.45) is 1.57. The molecule has 0 spiro atoms. The number of nitrogens with two attached hydrogens (primary N) is 1. The van der Waals surface area contributed by atoms with E-state index in [0.717, 1.165) is 15.9 Å². The van der Waals surface area contributed by atoms with E-state index in [1.807, 2.05) is 13.0 Å². The summed E-state index contributed by atoms with van der Waals surface area (Å²) in [5.74, 6) is 1.97. The molecule has 2 aliphatic rings. The zero-order chi connectivity index (χ0) is 17.0. The van der Waals surface area contributed by atoms with Crippen molar-refractivity contribution in [2.45, 2.75) is 12.8 Å². The lowest BCUT2D eigenvalue weighted by Gasteiger charge is -2.28. The van der Waals surface area contributed by atoms with Crippen LogP contribution in [0.2, 0.25) is 0 Å². The third-order valence-corrected chi connectivity index (χ3v) is 5.45. The molecule has 6 nitrogen and oxygen atoms in total. The van der Waals surface area contributed by atoms with Gasteiger partial charge in [-0.15, -0.1) is 0 Å². The van der Waals surface area contributed by atoms with E-state index < -0.39 is 0 Å². The largest absolute Gasteiger partial charge is 0.496 e. The standard InChI is InChI=1S/C17H14N2O4S/c1-7-16-10(9(6-18)17(19)24-16)11-12(20-2)8-4-5-22-13(8)15(21-3)14(11)23-7/h4-5,10H,19H2,1-3H3. The molecule has 4 rings (SSSR count). The van der Waals surface area contributed by atoms with Crippen LogP contribution in [-0.2, 0) is 0 Å². The van der Waals surface area contributed by atoms with Gasteiger partial charge in [-0.1, -0.05) is 11.8 Å².